The molecular weight excluding hydrogens is 272 g/mol. The molecule has 1 amide bonds. The summed E-state index contributed by atoms with van der Waals surface area (Å²) < 4.78 is 25.3. The van der Waals surface area contributed by atoms with Gasteiger partial charge in [-0.2, -0.15) is 0 Å². The first-order chi connectivity index (χ1) is 8.84. The van der Waals surface area contributed by atoms with Crippen LogP contribution in [0.15, 0.2) is 24.3 Å². The van der Waals surface area contributed by atoms with Crippen molar-refractivity contribution < 1.29 is 23.1 Å². The van der Waals surface area contributed by atoms with Crippen molar-refractivity contribution >= 4 is 27.6 Å². The van der Waals surface area contributed by atoms with Gasteiger partial charge in [0.1, 0.15) is 0 Å². The van der Waals surface area contributed by atoms with Crippen molar-refractivity contribution in [1.82, 2.24) is 5.32 Å². The predicted molar refractivity (Wildman–Crippen MR) is 69.5 cm³/mol. The lowest BCUT2D eigenvalue weighted by atomic mass is 10.2. The zero-order valence-corrected chi connectivity index (χ0v) is 11.0. The number of carboxylic acids is 1. The Labute approximate surface area is 110 Å². The number of benzene rings is 1. The highest BCUT2D eigenvalue weighted by Crippen LogP contribution is 2.11. The predicted octanol–water partition coefficient (Wildman–Crippen LogP) is 0.263. The Morgan fingerprint density at radius 3 is 2.26 bits per heavy atom. The molecule has 0 bridgehead atoms. The summed E-state index contributed by atoms with van der Waals surface area (Å²) in [5.74, 6) is -1.96. The van der Waals surface area contributed by atoms with E-state index in [9.17, 15) is 18.0 Å². The van der Waals surface area contributed by atoms with Crippen LogP contribution in [0.3, 0.4) is 0 Å². The normalized spacial score (nSPS) is 10.8. The Morgan fingerprint density at radius 1 is 1.21 bits per heavy atom. The van der Waals surface area contributed by atoms with E-state index < -0.39 is 28.2 Å². The minimum Gasteiger partial charge on any atom is -0.481 e. The van der Waals surface area contributed by atoms with E-state index in [0.717, 1.165) is 0 Å². The first-order valence-corrected chi connectivity index (χ1v) is 7.04. The van der Waals surface area contributed by atoms with Crippen LogP contribution in [0.2, 0.25) is 0 Å². The maximum absolute atomic E-state index is 11.5. The van der Waals surface area contributed by atoms with Crippen LogP contribution in [0.5, 0.6) is 0 Å². The third kappa shape index (κ3) is 4.96. The number of aliphatic carboxylic acids is 1. The average Bonchev–Trinajstić information content (AvgIpc) is 2.36. The number of rotatable bonds is 6. The summed E-state index contributed by atoms with van der Waals surface area (Å²) >= 11 is 0. The highest BCUT2D eigenvalue weighted by molar-refractivity contribution is 7.92. The van der Waals surface area contributed by atoms with Crippen LogP contribution in [-0.2, 0) is 14.8 Å². The molecule has 7 nitrogen and oxygen atoms in total. The lowest BCUT2D eigenvalue weighted by molar-refractivity contribution is -0.136. The second-order valence-corrected chi connectivity index (χ2v) is 5.56. The van der Waals surface area contributed by atoms with Crippen LogP contribution in [0.25, 0.3) is 0 Å². The summed E-state index contributed by atoms with van der Waals surface area (Å²) in [7, 11) is -2.21. The van der Waals surface area contributed by atoms with Gasteiger partial charge in [-0.25, -0.2) is 8.42 Å². The van der Waals surface area contributed by atoms with Gasteiger partial charge in [0, 0.05) is 18.3 Å². The maximum atomic E-state index is 11.5. The molecule has 0 fully saturated rings. The molecule has 19 heavy (non-hydrogen) atoms. The molecular formula is C11H14N2O5S. The Kier molecular flexibility index (Phi) is 4.87. The Morgan fingerprint density at radius 2 is 1.79 bits per heavy atom. The van der Waals surface area contributed by atoms with Gasteiger partial charge in [-0.15, -0.1) is 0 Å². The van der Waals surface area contributed by atoms with Crippen molar-refractivity contribution in [3.05, 3.63) is 29.8 Å². The van der Waals surface area contributed by atoms with Gasteiger partial charge in [0.2, 0.25) is 10.0 Å². The van der Waals surface area contributed by atoms with E-state index >= 15 is 0 Å². The van der Waals surface area contributed by atoms with Crippen LogP contribution in [-0.4, -0.2) is 38.2 Å². The van der Waals surface area contributed by atoms with Gasteiger partial charge in [0.25, 0.3) is 5.91 Å². The monoisotopic (exact) mass is 286 g/mol. The highest BCUT2D eigenvalue weighted by Gasteiger charge is 2.13. The van der Waals surface area contributed by atoms with Crippen molar-refractivity contribution in [2.75, 3.05) is 17.5 Å². The number of sulfonamides is 1. The van der Waals surface area contributed by atoms with Gasteiger partial charge >= 0.3 is 5.97 Å². The first-order valence-electron chi connectivity index (χ1n) is 5.38. The highest BCUT2D eigenvalue weighted by atomic mass is 32.2. The zero-order valence-electron chi connectivity index (χ0n) is 10.2. The molecule has 104 valence electrons. The van der Waals surface area contributed by atoms with Crippen molar-refractivity contribution in [3.8, 4) is 0 Å². The van der Waals surface area contributed by atoms with E-state index in [-0.39, 0.29) is 11.6 Å². The van der Waals surface area contributed by atoms with E-state index in [0.29, 0.717) is 5.56 Å². The number of carbonyl (C=O) groups excluding carboxylic acids is 1. The van der Waals surface area contributed by atoms with Gasteiger partial charge in [-0.05, 0) is 24.3 Å². The van der Waals surface area contributed by atoms with Gasteiger partial charge < -0.3 is 10.4 Å². The molecule has 0 spiro atoms. The third-order valence-corrected chi connectivity index (χ3v) is 3.52. The third-order valence-electron chi connectivity index (χ3n) is 2.23. The fourth-order valence-corrected chi connectivity index (χ4v) is 2.33. The molecule has 0 heterocycles. The molecule has 1 aromatic rings. The Bertz CT molecular complexity index is 565. The topological polar surface area (TPSA) is 113 Å². The molecule has 8 heteroatoms. The number of anilines is 1. The fraction of sp³-hybridized carbons (Fsp3) is 0.273. The largest absolute Gasteiger partial charge is 0.481 e. The van der Waals surface area contributed by atoms with Gasteiger partial charge in [0.05, 0.1) is 12.2 Å². The van der Waals surface area contributed by atoms with Crippen LogP contribution in [0.1, 0.15) is 16.8 Å². The van der Waals surface area contributed by atoms with Gasteiger partial charge in [-0.3, -0.25) is 14.3 Å². The second-order valence-electron chi connectivity index (χ2n) is 3.72. The van der Waals surface area contributed by atoms with E-state index in [1.807, 2.05) is 0 Å². The standard InChI is InChI=1S/C11H14N2O5S/c1-12-11(16)8-2-4-9(5-3-8)13-19(17,18)7-6-10(14)15/h2-5,13H,6-7H2,1H3,(H,12,16)(H,14,15). The quantitative estimate of drug-likeness (QED) is 0.694. The minimum absolute atomic E-state index is 0.276. The number of amides is 1. The molecule has 0 saturated heterocycles. The molecule has 0 saturated carbocycles. The lowest BCUT2D eigenvalue weighted by Gasteiger charge is -2.07. The van der Waals surface area contributed by atoms with Crippen molar-refractivity contribution in [2.45, 2.75) is 6.42 Å². The minimum atomic E-state index is -3.70. The summed E-state index contributed by atoms with van der Waals surface area (Å²) in [4.78, 5) is 21.6. The van der Waals surface area contributed by atoms with Crippen LogP contribution in [0, 0.1) is 0 Å². The van der Waals surface area contributed by atoms with E-state index in [4.69, 9.17) is 5.11 Å². The Balaban J connectivity index is 2.72. The molecule has 1 aromatic carbocycles. The summed E-state index contributed by atoms with van der Waals surface area (Å²) in [5.41, 5.74) is 0.675. The molecule has 0 aromatic heterocycles. The molecule has 0 atom stereocenters. The summed E-state index contributed by atoms with van der Waals surface area (Å²) in [6.45, 7) is 0. The molecule has 0 radical (unpaired) electrons. The van der Waals surface area contributed by atoms with Crippen LogP contribution >= 0.6 is 0 Å². The lowest BCUT2D eigenvalue weighted by Crippen LogP contribution is -2.19. The van der Waals surface area contributed by atoms with Crippen molar-refractivity contribution in [3.63, 3.8) is 0 Å². The molecule has 0 unspecified atom stereocenters. The van der Waals surface area contributed by atoms with Gasteiger partial charge in [0.15, 0.2) is 0 Å². The van der Waals surface area contributed by atoms with E-state index in [2.05, 4.69) is 10.0 Å². The summed E-state index contributed by atoms with van der Waals surface area (Å²) in [6, 6.07) is 5.80. The fourth-order valence-electron chi connectivity index (χ4n) is 1.29. The number of carboxylic acid groups (broad SMARTS) is 1. The molecule has 0 aliphatic heterocycles. The van der Waals surface area contributed by atoms with Gasteiger partial charge in [-0.1, -0.05) is 0 Å². The summed E-state index contributed by atoms with van der Waals surface area (Å²) in [6.07, 6.45) is -0.467. The zero-order chi connectivity index (χ0) is 14.5. The number of nitrogens with one attached hydrogen (secondary N) is 2. The molecule has 0 aliphatic rings. The van der Waals surface area contributed by atoms with Crippen LogP contribution < -0.4 is 10.0 Å². The maximum Gasteiger partial charge on any atom is 0.304 e. The number of hydrogen-bond donors (Lipinski definition) is 3. The van der Waals surface area contributed by atoms with E-state index in [1.54, 1.807) is 0 Å². The van der Waals surface area contributed by atoms with Crippen molar-refractivity contribution in [2.24, 2.45) is 0 Å². The molecule has 3 N–H and O–H groups in total. The van der Waals surface area contributed by atoms with E-state index in [1.165, 1.54) is 31.3 Å². The number of hydrogen-bond acceptors (Lipinski definition) is 4. The smallest absolute Gasteiger partial charge is 0.304 e. The second kappa shape index (κ2) is 6.19. The first kappa shape index (κ1) is 15.0. The average molecular weight is 286 g/mol. The van der Waals surface area contributed by atoms with Crippen LogP contribution in [0.4, 0.5) is 5.69 Å². The summed E-state index contributed by atoms with van der Waals surface area (Å²) in [5, 5.41) is 10.9. The van der Waals surface area contributed by atoms with Crippen molar-refractivity contribution in [1.29, 1.82) is 0 Å². The SMILES string of the molecule is CNC(=O)c1ccc(NS(=O)(=O)CCC(=O)O)cc1. The Hall–Kier alpha value is -2.09. The molecule has 1 rings (SSSR count). The number of carbonyl (C=O) groups is 2. The molecule has 0 aliphatic carbocycles.